The number of amides is 1. The van der Waals surface area contributed by atoms with Crippen LogP contribution in [0.5, 0.6) is 0 Å². The first-order chi connectivity index (χ1) is 13.8. The highest BCUT2D eigenvalue weighted by molar-refractivity contribution is 5.75. The van der Waals surface area contributed by atoms with Crippen molar-refractivity contribution in [2.75, 3.05) is 7.05 Å². The van der Waals surface area contributed by atoms with E-state index >= 15 is 0 Å². The summed E-state index contributed by atoms with van der Waals surface area (Å²) in [5.74, 6) is 0.188. The second-order valence-corrected chi connectivity index (χ2v) is 8.85. The van der Waals surface area contributed by atoms with Crippen molar-refractivity contribution in [3.8, 4) is 0 Å². The van der Waals surface area contributed by atoms with Crippen LogP contribution in [0.1, 0.15) is 155 Å². The summed E-state index contributed by atoms with van der Waals surface area (Å²) < 4.78 is 0. The van der Waals surface area contributed by atoms with Gasteiger partial charge < -0.3 is 5.32 Å². The van der Waals surface area contributed by atoms with Gasteiger partial charge in [0, 0.05) is 13.5 Å². The minimum atomic E-state index is 0.188. The SMILES string of the molecule is CCCCCCCCCCCCCCCCCCCCCCCCC(=O)NC. The maximum atomic E-state index is 11.1. The molecule has 0 radical (unpaired) electrons. The predicted octanol–water partition coefficient (Wildman–Crippen LogP) is 8.72. The van der Waals surface area contributed by atoms with Gasteiger partial charge in [-0.05, 0) is 6.42 Å². The van der Waals surface area contributed by atoms with Gasteiger partial charge >= 0.3 is 0 Å². The lowest BCUT2D eigenvalue weighted by molar-refractivity contribution is -0.120. The van der Waals surface area contributed by atoms with Crippen molar-refractivity contribution in [2.24, 2.45) is 0 Å². The average Bonchev–Trinajstić information content (AvgIpc) is 2.71. The molecule has 1 amide bonds. The molecular weight excluding hydrogens is 342 g/mol. The molecule has 0 aliphatic heterocycles. The largest absolute Gasteiger partial charge is 0.359 e. The fourth-order valence-corrected chi connectivity index (χ4v) is 4.02. The van der Waals surface area contributed by atoms with Gasteiger partial charge in [0.15, 0.2) is 0 Å². The number of hydrogen-bond donors (Lipinski definition) is 1. The minimum absolute atomic E-state index is 0.188. The van der Waals surface area contributed by atoms with E-state index in [0.717, 1.165) is 6.42 Å². The zero-order valence-electron chi connectivity index (χ0n) is 19.7. The van der Waals surface area contributed by atoms with Crippen LogP contribution in [0.15, 0.2) is 0 Å². The van der Waals surface area contributed by atoms with Gasteiger partial charge in [-0.1, -0.05) is 142 Å². The third-order valence-corrected chi connectivity index (χ3v) is 6.04. The first-order valence-electron chi connectivity index (χ1n) is 13.0. The van der Waals surface area contributed by atoms with Crippen LogP contribution in [-0.2, 0) is 4.79 Å². The average molecular weight is 396 g/mol. The van der Waals surface area contributed by atoms with Crippen LogP contribution in [0.3, 0.4) is 0 Å². The van der Waals surface area contributed by atoms with Crippen molar-refractivity contribution in [2.45, 2.75) is 155 Å². The molecule has 0 aliphatic carbocycles. The lowest BCUT2D eigenvalue weighted by atomic mass is 10.0. The van der Waals surface area contributed by atoms with E-state index in [-0.39, 0.29) is 5.91 Å². The monoisotopic (exact) mass is 395 g/mol. The van der Waals surface area contributed by atoms with Crippen LogP contribution >= 0.6 is 0 Å². The lowest BCUT2D eigenvalue weighted by Gasteiger charge is -2.04. The molecule has 0 aromatic rings. The number of carbonyl (C=O) groups is 1. The fraction of sp³-hybridized carbons (Fsp3) is 0.962. The molecular formula is C26H53NO. The van der Waals surface area contributed by atoms with E-state index in [9.17, 15) is 4.79 Å². The fourth-order valence-electron chi connectivity index (χ4n) is 4.02. The molecule has 0 unspecified atom stereocenters. The van der Waals surface area contributed by atoms with E-state index in [1.165, 1.54) is 135 Å². The van der Waals surface area contributed by atoms with Gasteiger partial charge in [-0.3, -0.25) is 4.79 Å². The molecule has 0 bridgehead atoms. The third kappa shape index (κ3) is 23.5. The van der Waals surface area contributed by atoms with E-state index in [1.54, 1.807) is 7.05 Å². The third-order valence-electron chi connectivity index (χ3n) is 6.04. The molecule has 0 aromatic heterocycles. The molecule has 0 atom stereocenters. The van der Waals surface area contributed by atoms with Crippen molar-refractivity contribution in [1.29, 1.82) is 0 Å². The zero-order chi connectivity index (χ0) is 20.5. The van der Waals surface area contributed by atoms with Crippen LogP contribution in [0.4, 0.5) is 0 Å². The van der Waals surface area contributed by atoms with Gasteiger partial charge in [-0.15, -0.1) is 0 Å². The summed E-state index contributed by atoms with van der Waals surface area (Å²) in [5.41, 5.74) is 0. The van der Waals surface area contributed by atoms with Crippen molar-refractivity contribution in [3.05, 3.63) is 0 Å². The van der Waals surface area contributed by atoms with Crippen molar-refractivity contribution in [1.82, 2.24) is 5.32 Å². The van der Waals surface area contributed by atoms with E-state index in [2.05, 4.69) is 12.2 Å². The lowest BCUT2D eigenvalue weighted by Crippen LogP contribution is -2.16. The number of hydrogen-bond acceptors (Lipinski definition) is 1. The van der Waals surface area contributed by atoms with E-state index in [1.807, 2.05) is 0 Å². The number of unbranched alkanes of at least 4 members (excludes halogenated alkanes) is 21. The first-order valence-corrected chi connectivity index (χ1v) is 13.0. The molecule has 0 aromatic carbocycles. The predicted molar refractivity (Wildman–Crippen MR) is 126 cm³/mol. The number of nitrogens with one attached hydrogen (secondary N) is 1. The molecule has 2 nitrogen and oxygen atoms in total. The van der Waals surface area contributed by atoms with Crippen LogP contribution in [-0.4, -0.2) is 13.0 Å². The Labute approximate surface area is 178 Å². The Balaban J connectivity index is 3.00. The number of rotatable bonds is 23. The summed E-state index contributed by atoms with van der Waals surface area (Å²) in [4.78, 5) is 11.1. The first kappa shape index (κ1) is 27.5. The minimum Gasteiger partial charge on any atom is -0.359 e. The van der Waals surface area contributed by atoms with Gasteiger partial charge in [0.05, 0.1) is 0 Å². The highest BCUT2D eigenvalue weighted by Gasteiger charge is 1.98. The Hall–Kier alpha value is -0.530. The van der Waals surface area contributed by atoms with E-state index in [0.29, 0.717) is 6.42 Å². The molecule has 28 heavy (non-hydrogen) atoms. The number of carbonyl (C=O) groups excluding carboxylic acids is 1. The Morgan fingerprint density at radius 2 is 0.714 bits per heavy atom. The molecule has 1 N–H and O–H groups in total. The van der Waals surface area contributed by atoms with E-state index in [4.69, 9.17) is 0 Å². The summed E-state index contributed by atoms with van der Waals surface area (Å²) >= 11 is 0. The second-order valence-electron chi connectivity index (χ2n) is 8.85. The van der Waals surface area contributed by atoms with E-state index < -0.39 is 0 Å². The molecule has 168 valence electrons. The maximum Gasteiger partial charge on any atom is 0.219 e. The summed E-state index contributed by atoms with van der Waals surface area (Å²) in [6.45, 7) is 2.29. The molecule has 0 heterocycles. The Kier molecular flexibility index (Phi) is 24.0. The van der Waals surface area contributed by atoms with Crippen molar-refractivity contribution in [3.63, 3.8) is 0 Å². The normalized spacial score (nSPS) is 11.1. The standard InChI is InChI=1S/C26H53NO/c1-3-4-5-6-7-8-9-10-11-12-13-14-15-16-17-18-19-20-21-22-23-24-25-26(28)27-2/h3-25H2,1-2H3,(H,27,28). The molecule has 0 saturated carbocycles. The molecule has 0 saturated heterocycles. The molecule has 0 rings (SSSR count). The summed E-state index contributed by atoms with van der Waals surface area (Å²) in [5, 5.41) is 2.69. The van der Waals surface area contributed by atoms with Gasteiger partial charge in [0.25, 0.3) is 0 Å². The second kappa shape index (κ2) is 24.5. The van der Waals surface area contributed by atoms with Crippen LogP contribution in [0, 0.1) is 0 Å². The highest BCUT2D eigenvalue weighted by atomic mass is 16.1. The van der Waals surface area contributed by atoms with Crippen LogP contribution in [0.25, 0.3) is 0 Å². The van der Waals surface area contributed by atoms with Crippen LogP contribution < -0.4 is 5.32 Å². The summed E-state index contributed by atoms with van der Waals surface area (Å²) in [7, 11) is 1.72. The zero-order valence-corrected chi connectivity index (χ0v) is 19.7. The van der Waals surface area contributed by atoms with Crippen molar-refractivity contribution < 1.29 is 4.79 Å². The topological polar surface area (TPSA) is 29.1 Å². The van der Waals surface area contributed by atoms with Gasteiger partial charge in [0.1, 0.15) is 0 Å². The Bertz CT molecular complexity index is 303. The Morgan fingerprint density at radius 1 is 0.464 bits per heavy atom. The van der Waals surface area contributed by atoms with Gasteiger partial charge in [-0.25, -0.2) is 0 Å². The molecule has 0 spiro atoms. The smallest absolute Gasteiger partial charge is 0.219 e. The highest BCUT2D eigenvalue weighted by Crippen LogP contribution is 2.15. The van der Waals surface area contributed by atoms with Gasteiger partial charge in [0.2, 0.25) is 5.91 Å². The van der Waals surface area contributed by atoms with Crippen LogP contribution in [0.2, 0.25) is 0 Å². The van der Waals surface area contributed by atoms with Crippen molar-refractivity contribution >= 4 is 5.91 Å². The molecule has 2 heteroatoms. The quantitative estimate of drug-likeness (QED) is 0.172. The maximum absolute atomic E-state index is 11.1. The Morgan fingerprint density at radius 3 is 0.964 bits per heavy atom. The molecule has 0 aliphatic rings. The molecule has 0 fully saturated rings. The summed E-state index contributed by atoms with van der Waals surface area (Å²) in [6.07, 6.45) is 31.7. The van der Waals surface area contributed by atoms with Gasteiger partial charge in [-0.2, -0.15) is 0 Å². The summed E-state index contributed by atoms with van der Waals surface area (Å²) in [6, 6.07) is 0.